The summed E-state index contributed by atoms with van der Waals surface area (Å²) in [6.45, 7) is 2.52. The lowest BCUT2D eigenvalue weighted by molar-refractivity contribution is 0.164. The van der Waals surface area contributed by atoms with Crippen LogP contribution in [0.3, 0.4) is 0 Å². The number of carbonyl (C=O) groups excluding carboxylic acids is 1. The molecule has 128 valence electrons. The summed E-state index contributed by atoms with van der Waals surface area (Å²) in [5.41, 5.74) is 1.23. The Kier molecular flexibility index (Phi) is 6.31. The molecule has 6 nitrogen and oxygen atoms in total. The number of nitrogens with one attached hydrogen (secondary N) is 1. The molecule has 0 aliphatic carbocycles. The molecule has 0 unspecified atom stereocenters. The zero-order chi connectivity index (χ0) is 17.5. The van der Waals surface area contributed by atoms with Crippen molar-refractivity contribution in [3.05, 3.63) is 47.1 Å². The van der Waals surface area contributed by atoms with E-state index in [4.69, 9.17) is 16.3 Å². The van der Waals surface area contributed by atoms with Crippen molar-refractivity contribution in [2.45, 2.75) is 13.3 Å². The quantitative estimate of drug-likeness (QED) is 0.861. The molecule has 24 heavy (non-hydrogen) atoms. The Morgan fingerprint density at radius 2 is 2.04 bits per heavy atom. The molecule has 0 saturated carbocycles. The molecular formula is C16H18ClFN4O2. The van der Waals surface area contributed by atoms with Crippen molar-refractivity contribution in [3.63, 3.8) is 0 Å². The number of carbonyl (C=O) groups is 1. The molecule has 0 bridgehead atoms. The van der Waals surface area contributed by atoms with E-state index >= 15 is 0 Å². The maximum Gasteiger partial charge on any atom is 0.411 e. The number of halogens is 2. The number of rotatable bonds is 6. The fraction of sp³-hybridized carbons (Fsp3) is 0.312. The number of likely N-dealkylation sites (N-methyl/N-ethyl adjacent to an activating group) is 1. The highest BCUT2D eigenvalue weighted by molar-refractivity contribution is 6.33. The zero-order valence-corrected chi connectivity index (χ0v) is 14.2. The van der Waals surface area contributed by atoms with Gasteiger partial charge in [-0.1, -0.05) is 18.5 Å². The van der Waals surface area contributed by atoms with Crippen molar-refractivity contribution in [1.82, 2.24) is 9.97 Å². The minimum atomic E-state index is -0.613. The molecule has 8 heteroatoms. The second-order valence-corrected chi connectivity index (χ2v) is 5.38. The first kappa shape index (κ1) is 17.9. The number of hydrogen-bond acceptors (Lipinski definition) is 5. The molecule has 1 heterocycles. The van der Waals surface area contributed by atoms with Crippen molar-refractivity contribution in [2.75, 3.05) is 30.4 Å². The highest BCUT2D eigenvalue weighted by Crippen LogP contribution is 2.24. The van der Waals surface area contributed by atoms with E-state index in [2.05, 4.69) is 15.3 Å². The number of aryl methyl sites for hydroxylation is 1. The van der Waals surface area contributed by atoms with Gasteiger partial charge in [0.15, 0.2) is 5.82 Å². The lowest BCUT2D eigenvalue weighted by atomic mass is 10.3. The largest absolute Gasteiger partial charge is 0.447 e. The van der Waals surface area contributed by atoms with Crippen LogP contribution in [-0.4, -0.2) is 36.3 Å². The van der Waals surface area contributed by atoms with Crippen LogP contribution in [-0.2, 0) is 11.2 Å². The Hall–Kier alpha value is -2.41. The maximum absolute atomic E-state index is 12.8. The number of anilines is 2. The second kappa shape index (κ2) is 8.44. The third kappa shape index (κ3) is 4.79. The fourth-order valence-electron chi connectivity index (χ4n) is 1.98. The summed E-state index contributed by atoms with van der Waals surface area (Å²) in [6, 6.07) is 5.42. The van der Waals surface area contributed by atoms with E-state index in [0.29, 0.717) is 29.5 Å². The van der Waals surface area contributed by atoms with E-state index in [1.807, 2.05) is 6.92 Å². The van der Waals surface area contributed by atoms with Crippen LogP contribution in [0.4, 0.5) is 20.7 Å². The molecule has 0 fully saturated rings. The van der Waals surface area contributed by atoms with Crippen LogP contribution in [0.15, 0.2) is 30.6 Å². The van der Waals surface area contributed by atoms with Gasteiger partial charge in [0, 0.05) is 12.7 Å². The highest BCUT2D eigenvalue weighted by atomic mass is 35.5. The molecule has 0 aliphatic heterocycles. The van der Waals surface area contributed by atoms with Gasteiger partial charge < -0.3 is 9.64 Å². The summed E-state index contributed by atoms with van der Waals surface area (Å²) < 4.78 is 17.9. The van der Waals surface area contributed by atoms with Gasteiger partial charge in [-0.25, -0.2) is 19.2 Å². The van der Waals surface area contributed by atoms with Crippen LogP contribution in [0.25, 0.3) is 0 Å². The van der Waals surface area contributed by atoms with E-state index in [1.165, 1.54) is 30.6 Å². The summed E-state index contributed by atoms with van der Waals surface area (Å²) in [4.78, 5) is 21.7. The van der Waals surface area contributed by atoms with E-state index in [9.17, 15) is 9.18 Å². The Labute approximate surface area is 144 Å². The van der Waals surface area contributed by atoms with E-state index in [-0.39, 0.29) is 12.4 Å². The minimum Gasteiger partial charge on any atom is -0.447 e. The summed E-state index contributed by atoms with van der Waals surface area (Å²) in [5.74, 6) is 0.217. The number of aromatic nitrogens is 2. The smallest absolute Gasteiger partial charge is 0.411 e. The van der Waals surface area contributed by atoms with Crippen LogP contribution in [0.2, 0.25) is 5.02 Å². The van der Waals surface area contributed by atoms with Crippen molar-refractivity contribution in [2.24, 2.45) is 0 Å². The number of amides is 1. The average Bonchev–Trinajstić information content (AvgIpc) is 2.57. The molecule has 0 saturated heterocycles. The Bertz CT molecular complexity index is 697. The van der Waals surface area contributed by atoms with Crippen LogP contribution in [0, 0.1) is 5.82 Å². The van der Waals surface area contributed by atoms with Gasteiger partial charge in [0.05, 0.1) is 12.2 Å². The van der Waals surface area contributed by atoms with E-state index in [1.54, 1.807) is 11.9 Å². The second-order valence-electron chi connectivity index (χ2n) is 5.00. The third-order valence-corrected chi connectivity index (χ3v) is 3.68. The van der Waals surface area contributed by atoms with Gasteiger partial charge in [-0.3, -0.25) is 5.32 Å². The molecule has 2 rings (SSSR count). The normalized spacial score (nSPS) is 10.3. The Morgan fingerprint density at radius 3 is 2.71 bits per heavy atom. The van der Waals surface area contributed by atoms with Crippen molar-refractivity contribution in [3.8, 4) is 0 Å². The molecule has 0 aliphatic rings. The fourth-order valence-corrected chi connectivity index (χ4v) is 2.35. The van der Waals surface area contributed by atoms with Crippen LogP contribution in [0.1, 0.15) is 12.6 Å². The lowest BCUT2D eigenvalue weighted by Crippen LogP contribution is -2.26. The number of ether oxygens (including phenoxy) is 1. The molecule has 0 spiro atoms. The lowest BCUT2D eigenvalue weighted by Gasteiger charge is -2.19. The first-order valence-corrected chi connectivity index (χ1v) is 7.79. The summed E-state index contributed by atoms with van der Waals surface area (Å²) in [7, 11) is 1.80. The molecule has 0 radical (unpaired) electrons. The van der Waals surface area contributed by atoms with Crippen LogP contribution < -0.4 is 10.2 Å². The van der Waals surface area contributed by atoms with Gasteiger partial charge in [-0.05, 0) is 30.7 Å². The average molecular weight is 353 g/mol. The van der Waals surface area contributed by atoms with Crippen molar-refractivity contribution >= 4 is 29.2 Å². The van der Waals surface area contributed by atoms with Gasteiger partial charge in [-0.2, -0.15) is 0 Å². The van der Waals surface area contributed by atoms with Crippen LogP contribution >= 0.6 is 11.6 Å². The van der Waals surface area contributed by atoms with E-state index < -0.39 is 6.09 Å². The molecule has 1 aromatic carbocycles. The molecule has 1 N–H and O–H groups in total. The van der Waals surface area contributed by atoms with Gasteiger partial charge in [0.25, 0.3) is 0 Å². The number of nitrogens with zero attached hydrogens (tertiary/aromatic N) is 3. The molecule has 1 aromatic heterocycles. The number of benzene rings is 1. The van der Waals surface area contributed by atoms with Gasteiger partial charge >= 0.3 is 6.09 Å². The minimum absolute atomic E-state index is 0.144. The summed E-state index contributed by atoms with van der Waals surface area (Å²) in [6.07, 6.45) is 1.55. The summed E-state index contributed by atoms with van der Waals surface area (Å²) >= 11 is 6.25. The third-order valence-electron chi connectivity index (χ3n) is 3.29. The van der Waals surface area contributed by atoms with E-state index in [0.717, 1.165) is 5.69 Å². The maximum atomic E-state index is 12.8. The molecule has 2 aromatic rings. The summed E-state index contributed by atoms with van der Waals surface area (Å²) in [5, 5.41) is 3.01. The Morgan fingerprint density at radius 1 is 1.33 bits per heavy atom. The van der Waals surface area contributed by atoms with Crippen molar-refractivity contribution in [1.29, 1.82) is 0 Å². The molecular weight excluding hydrogens is 335 g/mol. The molecule has 1 amide bonds. The SMILES string of the molecule is CCc1ncnc(N(C)CCOC(=O)Nc2ccc(F)cc2)c1Cl. The predicted molar refractivity (Wildman–Crippen MR) is 91.1 cm³/mol. The van der Waals surface area contributed by atoms with Crippen molar-refractivity contribution < 1.29 is 13.9 Å². The van der Waals surface area contributed by atoms with Gasteiger partial charge in [-0.15, -0.1) is 0 Å². The predicted octanol–water partition coefficient (Wildman–Crippen LogP) is 3.52. The van der Waals surface area contributed by atoms with Gasteiger partial charge in [0.2, 0.25) is 0 Å². The monoisotopic (exact) mass is 352 g/mol. The standard InChI is InChI=1S/C16H18ClFN4O2/c1-3-13-14(17)15(20-10-19-13)22(2)8-9-24-16(23)21-12-6-4-11(18)5-7-12/h4-7,10H,3,8-9H2,1-2H3,(H,21,23). The zero-order valence-electron chi connectivity index (χ0n) is 13.4. The topological polar surface area (TPSA) is 67.3 Å². The Balaban J connectivity index is 1.83. The van der Waals surface area contributed by atoms with Crippen LogP contribution in [0.5, 0.6) is 0 Å². The molecule has 0 atom stereocenters. The first-order chi connectivity index (χ1) is 11.5. The highest BCUT2D eigenvalue weighted by Gasteiger charge is 2.12. The van der Waals surface area contributed by atoms with Gasteiger partial charge in [0.1, 0.15) is 23.8 Å². The first-order valence-electron chi connectivity index (χ1n) is 7.41. The number of hydrogen-bond donors (Lipinski definition) is 1.